The van der Waals surface area contributed by atoms with Crippen LogP contribution < -0.4 is 15.6 Å². The summed E-state index contributed by atoms with van der Waals surface area (Å²) in [4.78, 5) is 30.2. The Morgan fingerprint density at radius 2 is 2.12 bits per heavy atom. The van der Waals surface area contributed by atoms with Crippen LogP contribution in [0.2, 0.25) is 0 Å². The molecule has 8 nitrogen and oxygen atoms in total. The van der Waals surface area contributed by atoms with Gasteiger partial charge in [-0.2, -0.15) is 0 Å². The number of rotatable bonds is 4. The number of nitrogens with one attached hydrogen (secondary N) is 1. The summed E-state index contributed by atoms with van der Waals surface area (Å²) in [6.45, 7) is 2.12. The van der Waals surface area contributed by atoms with E-state index in [9.17, 15) is 19.1 Å². The number of pyridine rings is 2. The van der Waals surface area contributed by atoms with E-state index in [2.05, 4.69) is 10.3 Å². The van der Waals surface area contributed by atoms with Gasteiger partial charge in [-0.15, -0.1) is 0 Å². The van der Waals surface area contributed by atoms with E-state index in [1.807, 2.05) is 6.07 Å². The number of hydrogen-bond acceptors (Lipinski definition) is 7. The molecule has 2 aromatic heterocycles. The van der Waals surface area contributed by atoms with Crippen molar-refractivity contribution in [3.63, 3.8) is 0 Å². The highest BCUT2D eigenvalue weighted by Crippen LogP contribution is 2.40. The SMILES string of the molecule is CC[C@@]1(O)C(=O)OCc2c1cc1n(c2=O)Cc2cc3c(CNC)c(OC)c(F)cc3nc2-1. The number of esters is 1. The molecule has 1 aromatic carbocycles. The molecule has 0 radical (unpaired) electrons. The van der Waals surface area contributed by atoms with Crippen LogP contribution in [0.15, 0.2) is 23.0 Å². The number of aromatic nitrogens is 2. The predicted molar refractivity (Wildman–Crippen MR) is 114 cm³/mol. The molecule has 32 heavy (non-hydrogen) atoms. The van der Waals surface area contributed by atoms with Crippen molar-refractivity contribution in [1.29, 1.82) is 0 Å². The second-order valence-corrected chi connectivity index (χ2v) is 8.07. The summed E-state index contributed by atoms with van der Waals surface area (Å²) in [6, 6.07) is 4.84. The van der Waals surface area contributed by atoms with Crippen molar-refractivity contribution in [2.45, 2.75) is 38.6 Å². The Balaban J connectivity index is 1.78. The van der Waals surface area contributed by atoms with Gasteiger partial charge in [0, 0.05) is 34.7 Å². The first-order chi connectivity index (χ1) is 15.3. The van der Waals surface area contributed by atoms with Crippen LogP contribution in [0.5, 0.6) is 5.75 Å². The third kappa shape index (κ3) is 2.64. The van der Waals surface area contributed by atoms with Crippen LogP contribution in [-0.4, -0.2) is 34.8 Å². The Labute approximate surface area is 182 Å². The number of aliphatic hydroxyl groups is 1. The minimum absolute atomic E-state index is 0.0676. The normalized spacial score (nSPS) is 18.8. The van der Waals surface area contributed by atoms with Crippen molar-refractivity contribution >= 4 is 16.9 Å². The van der Waals surface area contributed by atoms with Gasteiger partial charge in [0.2, 0.25) is 0 Å². The zero-order valence-electron chi connectivity index (χ0n) is 17.9. The lowest BCUT2D eigenvalue weighted by Gasteiger charge is -2.31. The summed E-state index contributed by atoms with van der Waals surface area (Å²) < 4.78 is 26.6. The van der Waals surface area contributed by atoms with Gasteiger partial charge < -0.3 is 24.5 Å². The fraction of sp³-hybridized carbons (Fsp3) is 0.348. The standard InChI is InChI=1S/C23H22FN3O5/c1-4-23(30)15-6-18-19-11(9-27(18)21(28)14(15)10-32-22(23)29)5-12-13(8-25-2)20(31-3)16(24)7-17(12)26-19/h5-7,25,30H,4,8-10H2,1-3H3/t23-/m0/s1. The molecule has 9 heteroatoms. The molecule has 2 N–H and O–H groups in total. The molecular weight excluding hydrogens is 417 g/mol. The minimum atomic E-state index is -1.89. The van der Waals surface area contributed by atoms with E-state index in [4.69, 9.17) is 9.47 Å². The molecule has 2 aliphatic rings. The van der Waals surface area contributed by atoms with Crippen LogP contribution in [0.4, 0.5) is 4.39 Å². The Morgan fingerprint density at radius 3 is 2.81 bits per heavy atom. The van der Waals surface area contributed by atoms with Crippen molar-refractivity contribution in [3.8, 4) is 17.1 Å². The highest BCUT2D eigenvalue weighted by Gasteiger charge is 2.45. The molecule has 1 atom stereocenters. The van der Waals surface area contributed by atoms with Crippen molar-refractivity contribution in [1.82, 2.24) is 14.9 Å². The number of carbonyl (C=O) groups is 1. The van der Waals surface area contributed by atoms with Gasteiger partial charge in [0.1, 0.15) is 6.61 Å². The van der Waals surface area contributed by atoms with E-state index in [1.54, 1.807) is 24.6 Å². The number of fused-ring (bicyclic) bond motifs is 5. The monoisotopic (exact) mass is 439 g/mol. The number of carbonyl (C=O) groups excluding carboxylic acids is 1. The van der Waals surface area contributed by atoms with Crippen molar-refractivity contribution < 1.29 is 23.8 Å². The van der Waals surface area contributed by atoms with Gasteiger partial charge in [-0.05, 0) is 25.6 Å². The van der Waals surface area contributed by atoms with E-state index in [0.29, 0.717) is 29.0 Å². The molecule has 0 saturated heterocycles. The predicted octanol–water partition coefficient (Wildman–Crippen LogP) is 1.95. The average Bonchev–Trinajstić information content (AvgIpc) is 3.14. The Bertz CT molecular complexity index is 1370. The van der Waals surface area contributed by atoms with Crippen LogP contribution in [0.1, 0.15) is 35.6 Å². The average molecular weight is 439 g/mol. The van der Waals surface area contributed by atoms with Gasteiger partial charge in [-0.3, -0.25) is 4.79 Å². The van der Waals surface area contributed by atoms with Gasteiger partial charge in [0.15, 0.2) is 17.2 Å². The van der Waals surface area contributed by atoms with E-state index >= 15 is 0 Å². The third-order valence-corrected chi connectivity index (χ3v) is 6.38. The quantitative estimate of drug-likeness (QED) is 0.469. The highest BCUT2D eigenvalue weighted by molar-refractivity contribution is 5.89. The Hall–Kier alpha value is -3.30. The first-order valence-corrected chi connectivity index (χ1v) is 10.3. The number of benzene rings is 1. The first kappa shape index (κ1) is 20.6. The Kier molecular flexibility index (Phi) is 4.58. The Morgan fingerprint density at radius 1 is 1.34 bits per heavy atom. The van der Waals surface area contributed by atoms with E-state index in [1.165, 1.54) is 13.2 Å². The van der Waals surface area contributed by atoms with E-state index in [0.717, 1.165) is 10.9 Å². The smallest absolute Gasteiger partial charge is 0.343 e. The molecule has 0 fully saturated rings. The second kappa shape index (κ2) is 7.11. The van der Waals surface area contributed by atoms with Crippen LogP contribution in [0.3, 0.4) is 0 Å². The zero-order valence-corrected chi connectivity index (χ0v) is 17.9. The molecule has 2 aliphatic heterocycles. The van der Waals surface area contributed by atoms with Crippen LogP contribution in [-0.2, 0) is 34.8 Å². The molecule has 3 aromatic rings. The molecule has 0 amide bonds. The number of hydrogen-bond donors (Lipinski definition) is 2. The fourth-order valence-corrected chi connectivity index (χ4v) is 4.71. The molecule has 166 valence electrons. The third-order valence-electron chi connectivity index (χ3n) is 6.38. The lowest BCUT2D eigenvalue weighted by molar-refractivity contribution is -0.172. The largest absolute Gasteiger partial charge is 0.493 e. The molecule has 0 aliphatic carbocycles. The summed E-state index contributed by atoms with van der Waals surface area (Å²) in [5.41, 5.74) is 1.15. The maximum absolute atomic E-state index is 14.7. The number of ether oxygens (including phenoxy) is 2. The first-order valence-electron chi connectivity index (χ1n) is 10.3. The van der Waals surface area contributed by atoms with Crippen molar-refractivity contribution in [2.75, 3.05) is 14.2 Å². The molecule has 0 spiro atoms. The van der Waals surface area contributed by atoms with Crippen LogP contribution in [0.25, 0.3) is 22.3 Å². The summed E-state index contributed by atoms with van der Waals surface area (Å²) in [6.07, 6.45) is 0.0676. The summed E-state index contributed by atoms with van der Waals surface area (Å²) >= 11 is 0. The number of halogens is 1. The van der Waals surface area contributed by atoms with Gasteiger partial charge in [0.05, 0.1) is 36.1 Å². The van der Waals surface area contributed by atoms with Crippen LogP contribution in [0, 0.1) is 5.82 Å². The summed E-state index contributed by atoms with van der Waals surface area (Å²) in [7, 11) is 3.18. The second-order valence-electron chi connectivity index (χ2n) is 8.07. The number of nitrogens with zero attached hydrogens (tertiary/aromatic N) is 2. The number of cyclic esters (lactones) is 1. The summed E-state index contributed by atoms with van der Waals surface area (Å²) in [5, 5.41) is 14.7. The molecule has 0 bridgehead atoms. The van der Waals surface area contributed by atoms with Gasteiger partial charge in [-0.25, -0.2) is 14.2 Å². The van der Waals surface area contributed by atoms with Gasteiger partial charge in [0.25, 0.3) is 5.56 Å². The molecule has 0 unspecified atom stereocenters. The van der Waals surface area contributed by atoms with Crippen LogP contribution >= 0.6 is 0 Å². The van der Waals surface area contributed by atoms with Crippen molar-refractivity contribution in [2.24, 2.45) is 0 Å². The fourth-order valence-electron chi connectivity index (χ4n) is 4.71. The molecule has 0 saturated carbocycles. The topological polar surface area (TPSA) is 103 Å². The van der Waals surface area contributed by atoms with Gasteiger partial charge >= 0.3 is 5.97 Å². The molecule has 5 rings (SSSR count). The number of methoxy groups -OCH3 is 1. The zero-order chi connectivity index (χ0) is 22.8. The van der Waals surface area contributed by atoms with E-state index < -0.39 is 17.4 Å². The van der Waals surface area contributed by atoms with E-state index in [-0.39, 0.29) is 42.0 Å². The van der Waals surface area contributed by atoms with Gasteiger partial charge in [-0.1, -0.05) is 6.92 Å². The maximum atomic E-state index is 14.7. The highest BCUT2D eigenvalue weighted by atomic mass is 19.1. The summed E-state index contributed by atoms with van der Waals surface area (Å²) in [5.74, 6) is -1.14. The minimum Gasteiger partial charge on any atom is -0.493 e. The molecule has 4 heterocycles. The maximum Gasteiger partial charge on any atom is 0.343 e. The molecular formula is C23H22FN3O5. The lowest BCUT2D eigenvalue weighted by atomic mass is 9.86. The lowest BCUT2D eigenvalue weighted by Crippen LogP contribution is -2.44. The van der Waals surface area contributed by atoms with Crippen molar-refractivity contribution in [3.05, 3.63) is 56.6 Å².